The number of alkyl halides is 3. The van der Waals surface area contributed by atoms with E-state index in [2.05, 4.69) is 34.1 Å². The molecule has 2 aromatic rings. The number of rotatable bonds is 6. The van der Waals surface area contributed by atoms with E-state index >= 15 is 0 Å². The van der Waals surface area contributed by atoms with E-state index in [-0.39, 0.29) is 24.1 Å². The molecular formula is C26H37F3N4O2. The van der Waals surface area contributed by atoms with Gasteiger partial charge in [-0.05, 0) is 63.2 Å². The third-order valence-electron chi connectivity index (χ3n) is 7.42. The second kappa shape index (κ2) is 10.8. The van der Waals surface area contributed by atoms with Crippen molar-refractivity contribution in [2.75, 3.05) is 5.32 Å². The number of nitrogens with one attached hydrogen (secondary N) is 1. The molecule has 0 aliphatic heterocycles. The number of ether oxygens (including phenoxy) is 1. The van der Waals surface area contributed by atoms with Gasteiger partial charge in [-0.2, -0.15) is 13.2 Å². The molecule has 0 amide bonds. The third-order valence-corrected chi connectivity index (χ3v) is 7.42. The van der Waals surface area contributed by atoms with Crippen molar-refractivity contribution in [2.24, 2.45) is 11.8 Å². The Balaban J connectivity index is 1.66. The van der Waals surface area contributed by atoms with Crippen LogP contribution in [0, 0.1) is 11.8 Å². The number of aliphatic hydroxyl groups is 1. The van der Waals surface area contributed by atoms with E-state index in [1.807, 2.05) is 0 Å². The molecule has 1 unspecified atom stereocenters. The Bertz CT molecular complexity index is 982. The number of pyridine rings is 1. The molecule has 4 rings (SSSR count). The molecule has 0 saturated heterocycles. The average Bonchev–Trinajstić information content (AvgIpc) is 2.93. The summed E-state index contributed by atoms with van der Waals surface area (Å²) in [4.78, 5) is 13.7. The van der Waals surface area contributed by atoms with E-state index in [1.54, 1.807) is 12.4 Å². The zero-order valence-electron chi connectivity index (χ0n) is 20.8. The lowest BCUT2D eigenvalue weighted by Gasteiger charge is -2.27. The molecule has 2 heterocycles. The van der Waals surface area contributed by atoms with Crippen LogP contribution in [-0.2, 0) is 0 Å². The van der Waals surface area contributed by atoms with Crippen molar-refractivity contribution in [3.05, 3.63) is 18.0 Å². The quantitative estimate of drug-likeness (QED) is 0.453. The van der Waals surface area contributed by atoms with Crippen molar-refractivity contribution < 1.29 is 23.0 Å². The molecule has 6 nitrogen and oxygen atoms in total. The fraction of sp³-hybridized carbons (Fsp3) is 0.731. The van der Waals surface area contributed by atoms with Gasteiger partial charge >= 0.3 is 6.18 Å². The minimum Gasteiger partial charge on any atom is -0.474 e. The fourth-order valence-corrected chi connectivity index (χ4v) is 5.54. The highest BCUT2D eigenvalue weighted by Crippen LogP contribution is 2.39. The van der Waals surface area contributed by atoms with E-state index in [0.717, 1.165) is 31.2 Å². The van der Waals surface area contributed by atoms with Crippen LogP contribution >= 0.6 is 0 Å². The summed E-state index contributed by atoms with van der Waals surface area (Å²) in [5.41, 5.74) is 1.61. The summed E-state index contributed by atoms with van der Waals surface area (Å²) in [6.45, 7) is 5.98. The normalized spacial score (nSPS) is 28.9. The van der Waals surface area contributed by atoms with Crippen molar-refractivity contribution >= 4 is 16.9 Å². The minimum atomic E-state index is -4.27. The van der Waals surface area contributed by atoms with Crippen LogP contribution in [0.5, 0.6) is 5.88 Å². The SMILES string of the molecule is C[C@@H]1CC[C@H](C)CC(Oc2ncc(C3CCC(O)CC3)c3nc(N[C@@H](C)CC(F)(F)F)ncc23)C1. The Morgan fingerprint density at radius 3 is 2.31 bits per heavy atom. The van der Waals surface area contributed by atoms with Gasteiger partial charge in [0.05, 0.1) is 23.4 Å². The first-order chi connectivity index (χ1) is 16.6. The molecule has 2 aliphatic rings. The highest BCUT2D eigenvalue weighted by atomic mass is 19.4. The van der Waals surface area contributed by atoms with Gasteiger partial charge in [-0.25, -0.2) is 15.0 Å². The zero-order valence-corrected chi connectivity index (χ0v) is 20.8. The van der Waals surface area contributed by atoms with Gasteiger partial charge in [0.15, 0.2) is 0 Å². The van der Waals surface area contributed by atoms with E-state index in [0.29, 0.717) is 41.5 Å². The Morgan fingerprint density at radius 2 is 1.69 bits per heavy atom. The molecule has 35 heavy (non-hydrogen) atoms. The predicted molar refractivity (Wildman–Crippen MR) is 130 cm³/mol. The second-order valence-corrected chi connectivity index (χ2v) is 10.8. The van der Waals surface area contributed by atoms with Crippen molar-refractivity contribution in [2.45, 2.75) is 109 Å². The molecule has 2 saturated carbocycles. The van der Waals surface area contributed by atoms with E-state index in [9.17, 15) is 18.3 Å². The van der Waals surface area contributed by atoms with Crippen LogP contribution in [0.3, 0.4) is 0 Å². The van der Waals surface area contributed by atoms with Gasteiger partial charge in [-0.15, -0.1) is 0 Å². The summed E-state index contributed by atoms with van der Waals surface area (Å²) in [5.74, 6) is 1.98. The molecule has 2 aliphatic carbocycles. The van der Waals surface area contributed by atoms with Gasteiger partial charge in [0.2, 0.25) is 11.8 Å². The van der Waals surface area contributed by atoms with Gasteiger partial charge in [-0.1, -0.05) is 26.7 Å². The highest BCUT2D eigenvalue weighted by molar-refractivity contribution is 5.86. The summed E-state index contributed by atoms with van der Waals surface area (Å²) in [6.07, 6.45) is 5.31. The van der Waals surface area contributed by atoms with Crippen LogP contribution in [0.25, 0.3) is 10.9 Å². The summed E-state index contributed by atoms with van der Waals surface area (Å²) >= 11 is 0. The zero-order chi connectivity index (χ0) is 25.2. The highest BCUT2D eigenvalue weighted by Gasteiger charge is 2.31. The third kappa shape index (κ3) is 6.96. The van der Waals surface area contributed by atoms with Gasteiger partial charge in [0, 0.05) is 24.0 Å². The molecule has 2 fully saturated rings. The molecular weight excluding hydrogens is 457 g/mol. The van der Waals surface area contributed by atoms with E-state index < -0.39 is 18.6 Å². The molecule has 0 bridgehead atoms. The number of anilines is 1. The largest absolute Gasteiger partial charge is 0.474 e. The van der Waals surface area contributed by atoms with E-state index in [4.69, 9.17) is 4.74 Å². The maximum Gasteiger partial charge on any atom is 0.391 e. The molecule has 0 spiro atoms. The number of nitrogens with zero attached hydrogens (tertiary/aromatic N) is 3. The Hall–Kier alpha value is -2.16. The maximum atomic E-state index is 12.8. The summed E-state index contributed by atoms with van der Waals surface area (Å²) in [6, 6.07) is -0.854. The number of hydrogen-bond acceptors (Lipinski definition) is 6. The number of hydrogen-bond donors (Lipinski definition) is 2. The van der Waals surface area contributed by atoms with Gasteiger partial charge < -0.3 is 15.2 Å². The summed E-state index contributed by atoms with van der Waals surface area (Å²) in [5, 5.41) is 13.4. The van der Waals surface area contributed by atoms with Crippen LogP contribution in [0.2, 0.25) is 0 Å². The van der Waals surface area contributed by atoms with Gasteiger partial charge in [-0.3, -0.25) is 0 Å². The van der Waals surface area contributed by atoms with Crippen LogP contribution < -0.4 is 10.1 Å². The standard InChI is InChI=1S/C26H37F3N4O2/c1-15-4-5-16(2)11-20(10-15)35-24-22-14-31-25(32-17(3)12-26(27,28)29)33-23(22)21(13-30-24)18-6-8-19(34)9-7-18/h13-20,34H,4-12H2,1-3H3,(H,31,32,33)/t15-,16+,17-,18?,19?,20?/m0/s1. The predicted octanol–water partition coefficient (Wildman–Crippen LogP) is 6.39. The Labute approximate surface area is 205 Å². The van der Waals surface area contributed by atoms with Crippen LogP contribution in [-0.4, -0.2) is 44.5 Å². The number of aromatic nitrogens is 3. The van der Waals surface area contributed by atoms with Crippen molar-refractivity contribution in [1.82, 2.24) is 15.0 Å². The minimum absolute atomic E-state index is 0.0542. The Kier molecular flexibility index (Phi) is 8.03. The molecule has 0 radical (unpaired) electrons. The number of halogens is 3. The topological polar surface area (TPSA) is 80.2 Å². The lowest BCUT2D eigenvalue weighted by molar-refractivity contribution is -0.136. The summed E-state index contributed by atoms with van der Waals surface area (Å²) in [7, 11) is 0. The van der Waals surface area contributed by atoms with Gasteiger partial charge in [0.25, 0.3) is 0 Å². The first-order valence-corrected chi connectivity index (χ1v) is 12.9. The summed E-state index contributed by atoms with van der Waals surface area (Å²) < 4.78 is 44.9. The van der Waals surface area contributed by atoms with Crippen LogP contribution in [0.4, 0.5) is 19.1 Å². The Morgan fingerprint density at radius 1 is 1.03 bits per heavy atom. The number of aliphatic hydroxyl groups excluding tert-OH is 1. The molecule has 0 aromatic carbocycles. The molecule has 4 atom stereocenters. The number of fused-ring (bicyclic) bond motifs is 1. The second-order valence-electron chi connectivity index (χ2n) is 10.8. The fourth-order valence-electron chi connectivity index (χ4n) is 5.54. The molecule has 2 N–H and O–H groups in total. The van der Waals surface area contributed by atoms with E-state index in [1.165, 1.54) is 19.8 Å². The lowest BCUT2D eigenvalue weighted by atomic mass is 9.83. The molecule has 9 heteroatoms. The first-order valence-electron chi connectivity index (χ1n) is 12.9. The van der Waals surface area contributed by atoms with Crippen LogP contribution in [0.1, 0.15) is 90.0 Å². The van der Waals surface area contributed by atoms with Crippen LogP contribution in [0.15, 0.2) is 12.4 Å². The van der Waals surface area contributed by atoms with Crippen molar-refractivity contribution in [1.29, 1.82) is 0 Å². The molecule has 2 aromatic heterocycles. The first kappa shape index (κ1) is 25.9. The van der Waals surface area contributed by atoms with Crippen molar-refractivity contribution in [3.8, 4) is 5.88 Å². The lowest BCUT2D eigenvalue weighted by Crippen LogP contribution is -2.25. The monoisotopic (exact) mass is 494 g/mol. The smallest absolute Gasteiger partial charge is 0.391 e. The molecule has 194 valence electrons. The van der Waals surface area contributed by atoms with Crippen molar-refractivity contribution in [3.63, 3.8) is 0 Å². The maximum absolute atomic E-state index is 12.8. The van der Waals surface area contributed by atoms with Gasteiger partial charge in [0.1, 0.15) is 6.10 Å². The average molecular weight is 495 g/mol.